The van der Waals surface area contributed by atoms with Gasteiger partial charge in [-0.05, 0) is 30.7 Å². The Balaban J connectivity index is 2.25. The van der Waals surface area contributed by atoms with Crippen LogP contribution in [0.5, 0.6) is 0 Å². The van der Waals surface area contributed by atoms with Gasteiger partial charge in [-0.3, -0.25) is 24.0 Å². The van der Waals surface area contributed by atoms with Gasteiger partial charge < -0.3 is 0 Å². The van der Waals surface area contributed by atoms with Crippen LogP contribution < -0.4 is 11.2 Å². The minimum atomic E-state index is -6.38. The number of aromatic nitrogens is 2. The van der Waals surface area contributed by atoms with Crippen LogP contribution in [0.4, 0.5) is 36.4 Å². The summed E-state index contributed by atoms with van der Waals surface area (Å²) in [6.07, 6.45) is -12.8. The van der Waals surface area contributed by atoms with E-state index in [0.717, 1.165) is 17.7 Å². The molecule has 0 amide bonds. The first-order chi connectivity index (χ1) is 15.5. The molecule has 0 atom stereocenters. The molecular formula is C20H14F7N3O4. The Morgan fingerprint density at radius 3 is 2.03 bits per heavy atom. The van der Waals surface area contributed by atoms with Crippen LogP contribution in [0, 0.1) is 17.0 Å². The van der Waals surface area contributed by atoms with Crippen molar-refractivity contribution in [2.24, 2.45) is 7.05 Å². The summed E-state index contributed by atoms with van der Waals surface area (Å²) in [7, 11) is 1.12. The summed E-state index contributed by atoms with van der Waals surface area (Å²) in [5.74, 6) is 0. The van der Waals surface area contributed by atoms with Crippen LogP contribution in [0.1, 0.15) is 16.7 Å². The topological polar surface area (TPSA) is 87.1 Å². The Morgan fingerprint density at radius 2 is 1.53 bits per heavy atom. The predicted molar refractivity (Wildman–Crippen MR) is 105 cm³/mol. The van der Waals surface area contributed by atoms with Crippen molar-refractivity contribution in [2.75, 3.05) is 0 Å². The molecule has 0 saturated carbocycles. The maximum atomic E-state index is 14.5. The van der Waals surface area contributed by atoms with E-state index in [1.807, 2.05) is 0 Å². The van der Waals surface area contributed by atoms with Crippen LogP contribution in [0.3, 0.4) is 0 Å². The number of halogens is 7. The summed E-state index contributed by atoms with van der Waals surface area (Å²) in [5, 5.41) is 10.2. The van der Waals surface area contributed by atoms with Crippen molar-refractivity contribution < 1.29 is 35.7 Å². The molecule has 0 aliphatic carbocycles. The second-order valence-corrected chi connectivity index (χ2v) is 7.50. The van der Waals surface area contributed by atoms with E-state index in [1.54, 1.807) is 0 Å². The van der Waals surface area contributed by atoms with Gasteiger partial charge in [-0.25, -0.2) is 9.18 Å². The van der Waals surface area contributed by atoms with Crippen molar-refractivity contribution in [1.82, 2.24) is 9.13 Å². The average molecular weight is 493 g/mol. The lowest BCUT2D eigenvalue weighted by atomic mass is 9.93. The Labute approximate surface area is 184 Å². The predicted octanol–water partition coefficient (Wildman–Crippen LogP) is 4.25. The number of benzene rings is 2. The molecule has 1 aromatic heterocycles. The quantitative estimate of drug-likeness (QED) is 0.309. The molecule has 2 aromatic carbocycles. The third kappa shape index (κ3) is 3.82. The molecule has 0 unspecified atom stereocenters. The molecule has 3 aromatic rings. The molecule has 0 saturated heterocycles. The summed E-state index contributed by atoms with van der Waals surface area (Å²) in [6, 6.07) is 4.60. The van der Waals surface area contributed by atoms with Crippen LogP contribution in [0.25, 0.3) is 10.9 Å². The molecule has 0 N–H and O–H groups in total. The van der Waals surface area contributed by atoms with Crippen molar-refractivity contribution in [3.63, 3.8) is 0 Å². The highest BCUT2D eigenvalue weighted by atomic mass is 19.4. The van der Waals surface area contributed by atoms with Crippen LogP contribution in [0.2, 0.25) is 0 Å². The SMILES string of the molecule is Cc1cc(Cn2c(=O)c3cc(C(F)(C(F)(F)F)C(F)(F)F)ccc3n(C)c2=O)ccc1[N+](=O)[O-]. The largest absolute Gasteiger partial charge is 0.435 e. The molecule has 182 valence electrons. The van der Waals surface area contributed by atoms with Crippen molar-refractivity contribution in [3.8, 4) is 0 Å². The zero-order valence-corrected chi connectivity index (χ0v) is 17.3. The molecule has 3 rings (SSSR count). The number of aryl methyl sites for hydroxylation is 2. The van der Waals surface area contributed by atoms with E-state index in [0.29, 0.717) is 10.6 Å². The first-order valence-electron chi connectivity index (χ1n) is 9.31. The third-order valence-electron chi connectivity index (χ3n) is 5.33. The highest BCUT2D eigenvalue weighted by Gasteiger charge is 2.73. The highest BCUT2D eigenvalue weighted by molar-refractivity contribution is 5.79. The fourth-order valence-electron chi connectivity index (χ4n) is 3.56. The Bertz CT molecular complexity index is 1410. The fourth-order valence-corrected chi connectivity index (χ4v) is 3.56. The Hall–Kier alpha value is -3.71. The van der Waals surface area contributed by atoms with Gasteiger partial charge in [0.15, 0.2) is 0 Å². The van der Waals surface area contributed by atoms with Crippen LogP contribution >= 0.6 is 0 Å². The molecule has 1 heterocycles. The van der Waals surface area contributed by atoms with Crippen LogP contribution in [0.15, 0.2) is 46.0 Å². The maximum absolute atomic E-state index is 14.5. The van der Waals surface area contributed by atoms with Gasteiger partial charge in [-0.2, -0.15) is 26.3 Å². The first kappa shape index (κ1) is 24.9. The third-order valence-corrected chi connectivity index (χ3v) is 5.33. The van der Waals surface area contributed by atoms with Crippen molar-refractivity contribution in [1.29, 1.82) is 0 Å². The molecule has 0 radical (unpaired) electrons. The van der Waals surface area contributed by atoms with E-state index in [1.165, 1.54) is 19.1 Å². The number of nitro benzene ring substituents is 1. The number of alkyl halides is 7. The second kappa shape index (κ2) is 7.95. The molecule has 0 aliphatic rings. The number of hydrogen-bond donors (Lipinski definition) is 0. The van der Waals surface area contributed by atoms with Crippen LogP contribution in [-0.4, -0.2) is 26.4 Å². The molecule has 34 heavy (non-hydrogen) atoms. The lowest BCUT2D eigenvalue weighted by Crippen LogP contribution is -2.50. The lowest BCUT2D eigenvalue weighted by molar-refractivity contribution is -0.385. The summed E-state index contributed by atoms with van der Waals surface area (Å²) < 4.78 is 94.7. The van der Waals surface area contributed by atoms with E-state index < -0.39 is 51.7 Å². The van der Waals surface area contributed by atoms with Crippen molar-refractivity contribution in [3.05, 3.63) is 84.0 Å². The van der Waals surface area contributed by atoms with Gasteiger partial charge in [-0.1, -0.05) is 12.1 Å². The molecular weight excluding hydrogens is 479 g/mol. The molecule has 0 aliphatic heterocycles. The summed E-state index contributed by atoms with van der Waals surface area (Å²) in [4.78, 5) is 35.8. The van der Waals surface area contributed by atoms with E-state index in [-0.39, 0.29) is 34.5 Å². The summed E-state index contributed by atoms with van der Waals surface area (Å²) >= 11 is 0. The maximum Gasteiger partial charge on any atom is 0.435 e. The number of rotatable bonds is 4. The van der Waals surface area contributed by atoms with Crippen LogP contribution in [-0.2, 0) is 19.3 Å². The fraction of sp³-hybridized carbons (Fsp3) is 0.300. The molecule has 0 fully saturated rings. The van der Waals surface area contributed by atoms with Gasteiger partial charge >= 0.3 is 23.7 Å². The Morgan fingerprint density at radius 1 is 0.941 bits per heavy atom. The van der Waals surface area contributed by atoms with E-state index in [4.69, 9.17) is 0 Å². The van der Waals surface area contributed by atoms with Crippen molar-refractivity contribution >= 4 is 16.6 Å². The average Bonchev–Trinajstić information content (AvgIpc) is 2.72. The summed E-state index contributed by atoms with van der Waals surface area (Å²) in [5.41, 5.74) is -9.99. The van der Waals surface area contributed by atoms with Gasteiger partial charge in [0.25, 0.3) is 11.2 Å². The normalized spacial score (nSPS) is 12.9. The number of hydrogen-bond acceptors (Lipinski definition) is 4. The first-order valence-corrected chi connectivity index (χ1v) is 9.31. The second-order valence-electron chi connectivity index (χ2n) is 7.50. The highest BCUT2D eigenvalue weighted by Crippen LogP contribution is 2.53. The molecule has 14 heteroatoms. The smallest absolute Gasteiger partial charge is 0.296 e. The Kier molecular flexibility index (Phi) is 5.83. The number of nitrogens with zero attached hydrogens (tertiary/aromatic N) is 3. The molecule has 7 nitrogen and oxygen atoms in total. The number of nitro groups is 1. The zero-order valence-electron chi connectivity index (χ0n) is 17.3. The van der Waals surface area contributed by atoms with E-state index in [9.17, 15) is 50.4 Å². The van der Waals surface area contributed by atoms with E-state index >= 15 is 0 Å². The molecule has 0 spiro atoms. The van der Waals surface area contributed by atoms with Gasteiger partial charge in [-0.15, -0.1) is 0 Å². The van der Waals surface area contributed by atoms with Gasteiger partial charge in [0.2, 0.25) is 0 Å². The van der Waals surface area contributed by atoms with Gasteiger partial charge in [0.05, 0.1) is 22.4 Å². The standard InChI is InChI=1S/C20H14F7N3O4/c1-10-7-11(3-5-14(10)30(33)34)9-29-16(31)13-8-12(4-6-15(13)28(2)17(29)32)18(21,19(22,23)24)20(25,26)27/h3-8H,9H2,1-2H3. The minimum Gasteiger partial charge on any atom is -0.296 e. The monoisotopic (exact) mass is 493 g/mol. The zero-order chi connectivity index (χ0) is 25.8. The minimum absolute atomic E-state index is 0.121. The summed E-state index contributed by atoms with van der Waals surface area (Å²) in [6.45, 7) is 0.897. The van der Waals surface area contributed by atoms with Gasteiger partial charge in [0, 0.05) is 24.2 Å². The van der Waals surface area contributed by atoms with Gasteiger partial charge in [0.1, 0.15) is 0 Å². The van der Waals surface area contributed by atoms with Crippen molar-refractivity contribution in [2.45, 2.75) is 31.5 Å². The lowest BCUT2D eigenvalue weighted by Gasteiger charge is -2.30. The molecule has 0 bridgehead atoms. The van der Waals surface area contributed by atoms with E-state index in [2.05, 4.69) is 0 Å². The number of fused-ring (bicyclic) bond motifs is 1.